The first kappa shape index (κ1) is 16.4. The van der Waals surface area contributed by atoms with Crippen molar-refractivity contribution < 1.29 is 4.79 Å². The maximum atomic E-state index is 12.2. The summed E-state index contributed by atoms with van der Waals surface area (Å²) in [5, 5.41) is 5.32. The Hall–Kier alpha value is -2.50. The number of nitrogens with zero attached hydrogens (tertiary/aromatic N) is 1. The van der Waals surface area contributed by atoms with Crippen LogP contribution < -0.4 is 11.1 Å². The number of hydrogen-bond acceptors (Lipinski definition) is 4. The molecule has 1 unspecified atom stereocenters. The van der Waals surface area contributed by atoms with Gasteiger partial charge < -0.3 is 11.1 Å². The lowest BCUT2D eigenvalue weighted by molar-refractivity contribution is -0.117. The molecule has 1 aromatic heterocycles. The lowest BCUT2D eigenvalue weighted by Crippen LogP contribution is -2.35. The fourth-order valence-corrected chi connectivity index (χ4v) is 3.09. The molecule has 0 saturated carbocycles. The summed E-state index contributed by atoms with van der Waals surface area (Å²) in [4.78, 5) is 16.7. The number of nitrogens with two attached hydrogens (primary N) is 1. The Morgan fingerprint density at radius 2 is 1.75 bits per heavy atom. The van der Waals surface area contributed by atoms with E-state index in [1.54, 1.807) is 0 Å². The minimum atomic E-state index is -0.547. The molecule has 122 valence electrons. The second-order valence-electron chi connectivity index (χ2n) is 5.52. The maximum absolute atomic E-state index is 12.2. The predicted octanol–water partition coefficient (Wildman–Crippen LogP) is 3.71. The van der Waals surface area contributed by atoms with Gasteiger partial charge in [0.05, 0.1) is 11.7 Å². The van der Waals surface area contributed by atoms with Crippen molar-refractivity contribution in [2.75, 3.05) is 5.32 Å². The zero-order valence-electron chi connectivity index (χ0n) is 13.2. The Labute approximate surface area is 145 Å². The van der Waals surface area contributed by atoms with Crippen LogP contribution in [0.3, 0.4) is 0 Å². The van der Waals surface area contributed by atoms with Gasteiger partial charge in [0.2, 0.25) is 5.91 Å². The number of carbonyl (C=O) groups excluding carboxylic acids is 1. The molecule has 1 heterocycles. The van der Waals surface area contributed by atoms with Crippen LogP contribution in [0.15, 0.2) is 66.0 Å². The molecule has 0 fully saturated rings. The van der Waals surface area contributed by atoms with Gasteiger partial charge >= 0.3 is 0 Å². The largest absolute Gasteiger partial charge is 0.320 e. The van der Waals surface area contributed by atoms with Crippen molar-refractivity contribution in [2.45, 2.75) is 18.9 Å². The summed E-state index contributed by atoms with van der Waals surface area (Å²) < 4.78 is 0. The molecule has 3 N–H and O–H groups in total. The van der Waals surface area contributed by atoms with Gasteiger partial charge in [-0.1, -0.05) is 60.7 Å². The molecule has 0 spiro atoms. The molecule has 1 amide bonds. The zero-order chi connectivity index (χ0) is 16.8. The summed E-state index contributed by atoms with van der Waals surface area (Å²) in [6.45, 7) is 0. The van der Waals surface area contributed by atoms with Crippen LogP contribution in [-0.4, -0.2) is 16.9 Å². The number of hydrogen-bond donors (Lipinski definition) is 2. The van der Waals surface area contributed by atoms with Crippen LogP contribution in [0.2, 0.25) is 0 Å². The van der Waals surface area contributed by atoms with E-state index in [-0.39, 0.29) is 5.91 Å². The van der Waals surface area contributed by atoms with Gasteiger partial charge in [-0.25, -0.2) is 4.98 Å². The second kappa shape index (κ2) is 7.86. The molecule has 0 saturated heterocycles. The minimum absolute atomic E-state index is 0.195. The Balaban J connectivity index is 1.55. The highest BCUT2D eigenvalue weighted by Crippen LogP contribution is 2.24. The van der Waals surface area contributed by atoms with E-state index >= 15 is 0 Å². The van der Waals surface area contributed by atoms with E-state index in [9.17, 15) is 4.79 Å². The standard InChI is InChI=1S/C19H19N3OS/c20-16(12-11-14-7-3-1-4-8-14)18(23)22-19-21-17(13-24-19)15-9-5-2-6-10-15/h1-10,13,16H,11-12,20H2,(H,21,22,23). The van der Waals surface area contributed by atoms with E-state index in [0.717, 1.165) is 17.7 Å². The molecule has 2 aromatic carbocycles. The first-order valence-corrected chi connectivity index (χ1v) is 8.71. The van der Waals surface area contributed by atoms with Crippen LogP contribution in [0.4, 0.5) is 5.13 Å². The van der Waals surface area contributed by atoms with Crippen molar-refractivity contribution in [3.63, 3.8) is 0 Å². The average Bonchev–Trinajstić information content (AvgIpc) is 3.10. The van der Waals surface area contributed by atoms with Gasteiger partial charge in [-0.3, -0.25) is 4.79 Å². The average molecular weight is 337 g/mol. The summed E-state index contributed by atoms with van der Waals surface area (Å²) >= 11 is 1.41. The Morgan fingerprint density at radius 3 is 2.46 bits per heavy atom. The Kier molecular flexibility index (Phi) is 5.36. The lowest BCUT2D eigenvalue weighted by Gasteiger charge is -2.10. The summed E-state index contributed by atoms with van der Waals surface area (Å²) in [7, 11) is 0. The van der Waals surface area contributed by atoms with Crippen molar-refractivity contribution in [1.29, 1.82) is 0 Å². The number of rotatable bonds is 6. The number of thiazole rings is 1. The number of benzene rings is 2. The van der Waals surface area contributed by atoms with Gasteiger partial charge in [0, 0.05) is 10.9 Å². The molecule has 24 heavy (non-hydrogen) atoms. The molecule has 0 bridgehead atoms. The quantitative estimate of drug-likeness (QED) is 0.720. The summed E-state index contributed by atoms with van der Waals surface area (Å²) in [5.74, 6) is -0.195. The molecule has 1 atom stereocenters. The van der Waals surface area contributed by atoms with Crippen LogP contribution >= 0.6 is 11.3 Å². The number of anilines is 1. The van der Waals surface area contributed by atoms with Crippen molar-refractivity contribution >= 4 is 22.4 Å². The fourth-order valence-electron chi connectivity index (χ4n) is 2.37. The molecule has 0 radical (unpaired) electrons. The smallest absolute Gasteiger partial charge is 0.243 e. The van der Waals surface area contributed by atoms with E-state index in [1.807, 2.05) is 66.0 Å². The third kappa shape index (κ3) is 4.28. The fraction of sp³-hybridized carbons (Fsp3) is 0.158. The third-order valence-corrected chi connectivity index (χ3v) is 4.49. The van der Waals surface area contributed by atoms with E-state index in [4.69, 9.17) is 5.73 Å². The van der Waals surface area contributed by atoms with Gasteiger partial charge in [0.25, 0.3) is 0 Å². The van der Waals surface area contributed by atoms with E-state index in [0.29, 0.717) is 11.6 Å². The molecule has 4 nitrogen and oxygen atoms in total. The number of amides is 1. The topological polar surface area (TPSA) is 68.0 Å². The summed E-state index contributed by atoms with van der Waals surface area (Å²) in [6, 6.07) is 19.4. The predicted molar refractivity (Wildman–Crippen MR) is 98.9 cm³/mol. The van der Waals surface area contributed by atoms with Gasteiger partial charge in [-0.05, 0) is 18.4 Å². The van der Waals surface area contributed by atoms with Gasteiger partial charge in [-0.15, -0.1) is 11.3 Å². The highest BCUT2D eigenvalue weighted by Gasteiger charge is 2.15. The van der Waals surface area contributed by atoms with Crippen molar-refractivity contribution in [3.8, 4) is 11.3 Å². The van der Waals surface area contributed by atoms with E-state index < -0.39 is 6.04 Å². The Bertz CT molecular complexity index is 787. The molecular weight excluding hydrogens is 318 g/mol. The summed E-state index contributed by atoms with van der Waals surface area (Å²) in [6.07, 6.45) is 1.38. The SMILES string of the molecule is NC(CCc1ccccc1)C(=O)Nc1nc(-c2ccccc2)cs1. The first-order valence-electron chi connectivity index (χ1n) is 7.84. The first-order chi connectivity index (χ1) is 11.7. The molecule has 0 aliphatic heterocycles. The van der Waals surface area contributed by atoms with Gasteiger partial charge in [0.15, 0.2) is 5.13 Å². The summed E-state index contributed by atoms with van der Waals surface area (Å²) in [5.41, 5.74) is 9.06. The number of aryl methyl sites for hydroxylation is 1. The van der Waals surface area contributed by atoms with Crippen molar-refractivity contribution in [1.82, 2.24) is 4.98 Å². The number of nitrogens with one attached hydrogen (secondary N) is 1. The van der Waals surface area contributed by atoms with Crippen LogP contribution in [0.1, 0.15) is 12.0 Å². The van der Waals surface area contributed by atoms with E-state index in [2.05, 4.69) is 10.3 Å². The maximum Gasteiger partial charge on any atom is 0.243 e. The van der Waals surface area contributed by atoms with Gasteiger partial charge in [0.1, 0.15) is 0 Å². The second-order valence-corrected chi connectivity index (χ2v) is 6.38. The lowest BCUT2D eigenvalue weighted by atomic mass is 10.1. The highest BCUT2D eigenvalue weighted by atomic mass is 32.1. The highest BCUT2D eigenvalue weighted by molar-refractivity contribution is 7.14. The van der Waals surface area contributed by atoms with Gasteiger partial charge in [-0.2, -0.15) is 0 Å². The van der Waals surface area contributed by atoms with Crippen LogP contribution in [0, 0.1) is 0 Å². The number of carbonyl (C=O) groups is 1. The molecule has 5 heteroatoms. The minimum Gasteiger partial charge on any atom is -0.320 e. The molecule has 3 aromatic rings. The normalized spacial score (nSPS) is 11.9. The van der Waals surface area contributed by atoms with Crippen LogP contribution in [0.25, 0.3) is 11.3 Å². The molecule has 3 rings (SSSR count). The van der Waals surface area contributed by atoms with E-state index in [1.165, 1.54) is 16.9 Å². The molecular formula is C19H19N3OS. The monoisotopic (exact) mass is 337 g/mol. The van der Waals surface area contributed by atoms with Crippen LogP contribution in [-0.2, 0) is 11.2 Å². The van der Waals surface area contributed by atoms with Crippen molar-refractivity contribution in [3.05, 3.63) is 71.6 Å². The van der Waals surface area contributed by atoms with Crippen molar-refractivity contribution in [2.24, 2.45) is 5.73 Å². The molecule has 0 aliphatic rings. The molecule has 0 aliphatic carbocycles. The zero-order valence-corrected chi connectivity index (χ0v) is 14.0. The Morgan fingerprint density at radius 1 is 1.08 bits per heavy atom. The van der Waals surface area contributed by atoms with Crippen LogP contribution in [0.5, 0.6) is 0 Å². The third-order valence-electron chi connectivity index (χ3n) is 3.73. The number of aromatic nitrogens is 1.